The number of benzene rings is 2. The molecular weight excluding hydrogens is 594 g/mol. The zero-order chi connectivity index (χ0) is 29.3. The van der Waals surface area contributed by atoms with Crippen LogP contribution >= 0.6 is 15.9 Å². The predicted molar refractivity (Wildman–Crippen MR) is 154 cm³/mol. The van der Waals surface area contributed by atoms with Gasteiger partial charge in [0.1, 0.15) is 18.0 Å². The standard InChI is InChI=1S/C29H28BrN5O6/c1-29(2,3)28(37)31-22-11-6-18(15-23(22)35(38)39)12-13-33-25(36)17-41-27(33)21-16-34(20-9-7-19(30)8-10-20)32-26(21)24-5-4-14-40-24/h4-11,14-16,27H,12-13,17H2,1-3H3,(H,31,37). The zero-order valence-corrected chi connectivity index (χ0v) is 24.3. The molecule has 2 aromatic carbocycles. The van der Waals surface area contributed by atoms with Gasteiger partial charge in [-0.1, -0.05) is 42.8 Å². The first kappa shape index (κ1) is 28.2. The van der Waals surface area contributed by atoms with E-state index in [1.54, 1.807) is 54.8 Å². The molecule has 1 aliphatic rings. The van der Waals surface area contributed by atoms with Gasteiger partial charge in [0.05, 0.1) is 22.4 Å². The number of nitrogens with one attached hydrogen (secondary N) is 1. The van der Waals surface area contributed by atoms with Crippen molar-refractivity contribution in [1.29, 1.82) is 0 Å². The average Bonchev–Trinajstić information content (AvgIpc) is 3.68. The number of nitro groups is 1. The highest BCUT2D eigenvalue weighted by Crippen LogP contribution is 2.36. The van der Waals surface area contributed by atoms with Gasteiger partial charge in [0.2, 0.25) is 5.91 Å². The van der Waals surface area contributed by atoms with Gasteiger partial charge in [-0.2, -0.15) is 5.10 Å². The van der Waals surface area contributed by atoms with Crippen LogP contribution in [0.4, 0.5) is 11.4 Å². The molecule has 2 aromatic heterocycles. The van der Waals surface area contributed by atoms with Crippen LogP contribution in [0.3, 0.4) is 0 Å². The largest absolute Gasteiger partial charge is 0.463 e. The summed E-state index contributed by atoms with van der Waals surface area (Å²) in [5.41, 5.74) is 1.85. The van der Waals surface area contributed by atoms with Crippen molar-refractivity contribution in [2.75, 3.05) is 18.5 Å². The van der Waals surface area contributed by atoms with Gasteiger partial charge in [0.15, 0.2) is 12.0 Å². The first-order chi connectivity index (χ1) is 19.5. The van der Waals surface area contributed by atoms with E-state index in [1.165, 1.54) is 12.1 Å². The Kier molecular flexibility index (Phi) is 7.78. The minimum Gasteiger partial charge on any atom is -0.463 e. The molecule has 0 aliphatic carbocycles. The van der Waals surface area contributed by atoms with Crippen molar-refractivity contribution in [2.45, 2.75) is 33.4 Å². The number of hydrogen-bond donors (Lipinski definition) is 1. The maximum absolute atomic E-state index is 12.9. The Morgan fingerprint density at radius 2 is 1.95 bits per heavy atom. The second-order valence-electron chi connectivity index (χ2n) is 10.6. The number of hydrogen-bond acceptors (Lipinski definition) is 7. The van der Waals surface area contributed by atoms with Crippen LogP contribution in [-0.2, 0) is 20.7 Å². The second-order valence-corrected chi connectivity index (χ2v) is 11.6. The van der Waals surface area contributed by atoms with Crippen molar-refractivity contribution in [3.05, 3.63) is 92.8 Å². The summed E-state index contributed by atoms with van der Waals surface area (Å²) >= 11 is 3.44. The Bertz CT molecular complexity index is 1590. The first-order valence-corrected chi connectivity index (χ1v) is 13.7. The minimum absolute atomic E-state index is 0.107. The predicted octanol–water partition coefficient (Wildman–Crippen LogP) is 5.89. The summed E-state index contributed by atoms with van der Waals surface area (Å²) in [6.45, 7) is 5.33. The molecule has 2 amide bonds. The summed E-state index contributed by atoms with van der Waals surface area (Å²) in [6.07, 6.45) is 2.97. The van der Waals surface area contributed by atoms with E-state index in [1.807, 2.05) is 30.5 Å². The number of furan rings is 1. The number of carbonyl (C=O) groups excluding carboxylic acids is 2. The fourth-order valence-electron chi connectivity index (χ4n) is 4.40. The highest BCUT2D eigenvalue weighted by molar-refractivity contribution is 9.10. The van der Waals surface area contributed by atoms with Gasteiger partial charge in [0, 0.05) is 28.7 Å². The van der Waals surface area contributed by atoms with Crippen molar-refractivity contribution in [3.63, 3.8) is 0 Å². The Hall–Kier alpha value is -4.29. The van der Waals surface area contributed by atoms with E-state index in [0.717, 1.165) is 10.2 Å². The molecule has 3 heterocycles. The van der Waals surface area contributed by atoms with Crippen molar-refractivity contribution in [1.82, 2.24) is 14.7 Å². The lowest BCUT2D eigenvalue weighted by Gasteiger charge is -2.23. The van der Waals surface area contributed by atoms with Gasteiger partial charge >= 0.3 is 0 Å². The van der Waals surface area contributed by atoms with Crippen LogP contribution in [0.15, 0.2) is 75.9 Å². The van der Waals surface area contributed by atoms with E-state index in [9.17, 15) is 19.7 Å². The summed E-state index contributed by atoms with van der Waals surface area (Å²) < 4.78 is 14.2. The monoisotopic (exact) mass is 621 g/mol. The van der Waals surface area contributed by atoms with E-state index in [0.29, 0.717) is 29.0 Å². The quantitative estimate of drug-likeness (QED) is 0.192. The fraction of sp³-hybridized carbons (Fsp3) is 0.276. The molecule has 1 atom stereocenters. The van der Waals surface area contributed by atoms with Crippen molar-refractivity contribution in [2.24, 2.45) is 5.41 Å². The lowest BCUT2D eigenvalue weighted by molar-refractivity contribution is -0.384. The second kappa shape index (κ2) is 11.3. The van der Waals surface area contributed by atoms with Crippen LogP contribution in [0, 0.1) is 15.5 Å². The third kappa shape index (κ3) is 6.08. The summed E-state index contributed by atoms with van der Waals surface area (Å²) in [6, 6.07) is 15.8. The van der Waals surface area contributed by atoms with Crippen LogP contribution in [-0.4, -0.2) is 44.6 Å². The van der Waals surface area contributed by atoms with E-state index in [4.69, 9.17) is 14.3 Å². The van der Waals surface area contributed by atoms with E-state index in [2.05, 4.69) is 21.2 Å². The lowest BCUT2D eigenvalue weighted by atomic mass is 9.95. The molecule has 11 nitrogen and oxygen atoms in total. The van der Waals surface area contributed by atoms with Crippen molar-refractivity contribution in [3.8, 4) is 17.1 Å². The number of nitrogens with zero attached hydrogens (tertiary/aromatic N) is 4. The van der Waals surface area contributed by atoms with E-state index in [-0.39, 0.29) is 36.3 Å². The SMILES string of the molecule is CC(C)(C)C(=O)Nc1ccc(CCN2C(=O)COC2c2cn(-c3ccc(Br)cc3)nc2-c2ccco2)cc1[N+](=O)[O-]. The number of aromatic nitrogens is 2. The number of anilines is 1. The Morgan fingerprint density at radius 1 is 1.20 bits per heavy atom. The van der Waals surface area contributed by atoms with E-state index >= 15 is 0 Å². The van der Waals surface area contributed by atoms with Crippen LogP contribution in [0.5, 0.6) is 0 Å². The number of halogens is 1. The van der Waals surface area contributed by atoms with Crippen molar-refractivity contribution >= 4 is 39.1 Å². The molecule has 212 valence electrons. The summed E-state index contributed by atoms with van der Waals surface area (Å²) in [5, 5.41) is 19.2. The Balaban J connectivity index is 1.41. The molecule has 41 heavy (non-hydrogen) atoms. The molecule has 12 heteroatoms. The number of rotatable bonds is 8. The Morgan fingerprint density at radius 3 is 2.61 bits per heavy atom. The smallest absolute Gasteiger partial charge is 0.293 e. The maximum atomic E-state index is 12.9. The summed E-state index contributed by atoms with van der Waals surface area (Å²) in [4.78, 5) is 38.2. The maximum Gasteiger partial charge on any atom is 0.293 e. The number of carbonyl (C=O) groups is 2. The lowest BCUT2D eigenvalue weighted by Crippen LogP contribution is -2.31. The average molecular weight is 622 g/mol. The zero-order valence-electron chi connectivity index (χ0n) is 22.7. The van der Waals surface area contributed by atoms with Crippen LogP contribution in [0.25, 0.3) is 17.1 Å². The molecule has 1 N–H and O–H groups in total. The molecule has 4 aromatic rings. The molecular formula is C29H28BrN5O6. The van der Waals surface area contributed by atoms with Crippen LogP contribution < -0.4 is 5.32 Å². The molecule has 0 bridgehead atoms. The topological polar surface area (TPSA) is 133 Å². The van der Waals surface area contributed by atoms with Gasteiger partial charge in [0.25, 0.3) is 11.6 Å². The third-order valence-electron chi connectivity index (χ3n) is 6.65. The number of nitro benzene ring substituents is 1. The highest BCUT2D eigenvalue weighted by atomic mass is 79.9. The molecule has 0 saturated carbocycles. The fourth-order valence-corrected chi connectivity index (χ4v) is 4.67. The summed E-state index contributed by atoms with van der Waals surface area (Å²) in [7, 11) is 0. The van der Waals surface area contributed by atoms with Gasteiger partial charge in [-0.15, -0.1) is 0 Å². The molecule has 1 aliphatic heterocycles. The molecule has 0 spiro atoms. The Labute approximate surface area is 244 Å². The van der Waals surface area contributed by atoms with Crippen LogP contribution in [0.1, 0.15) is 38.1 Å². The molecule has 1 saturated heterocycles. The number of amides is 2. The highest BCUT2D eigenvalue weighted by Gasteiger charge is 2.36. The summed E-state index contributed by atoms with van der Waals surface area (Å²) in [5.74, 6) is -0.00493. The molecule has 0 radical (unpaired) electrons. The first-order valence-electron chi connectivity index (χ1n) is 12.9. The van der Waals surface area contributed by atoms with Gasteiger partial charge in [-0.05, 0) is 54.4 Å². The van der Waals surface area contributed by atoms with Gasteiger partial charge in [-0.3, -0.25) is 19.7 Å². The minimum atomic E-state index is -0.730. The third-order valence-corrected chi connectivity index (χ3v) is 7.18. The number of ether oxygens (including phenoxy) is 1. The van der Waals surface area contributed by atoms with Crippen LogP contribution in [0.2, 0.25) is 0 Å². The van der Waals surface area contributed by atoms with Gasteiger partial charge in [-0.25, -0.2) is 4.68 Å². The van der Waals surface area contributed by atoms with Crippen molar-refractivity contribution < 1.29 is 23.7 Å². The molecule has 1 unspecified atom stereocenters. The van der Waals surface area contributed by atoms with E-state index < -0.39 is 16.6 Å². The molecule has 5 rings (SSSR count). The molecule has 1 fully saturated rings. The normalized spacial score (nSPS) is 15.4. The van der Waals surface area contributed by atoms with Gasteiger partial charge < -0.3 is 19.4 Å².